The van der Waals surface area contributed by atoms with E-state index in [1.165, 1.54) is 5.56 Å². The van der Waals surface area contributed by atoms with Gasteiger partial charge in [-0.3, -0.25) is 0 Å². The van der Waals surface area contributed by atoms with E-state index in [0.717, 1.165) is 11.1 Å². The predicted molar refractivity (Wildman–Crippen MR) is 82.0 cm³/mol. The zero-order valence-corrected chi connectivity index (χ0v) is 12.3. The molecule has 0 saturated heterocycles. The molecule has 0 radical (unpaired) electrons. The standard InChI is InChI=1S/C15H18N2O2S/c1-10-8-20-9-13(10)7-16-15(19)17-14-5-3-4-12(6-14)11(2)18/h3-6,8-9,11,18H,7H2,1-2H3,(H2,16,17,19). The van der Waals surface area contributed by atoms with Crippen LogP contribution in [0.15, 0.2) is 35.0 Å². The number of carbonyl (C=O) groups is 1. The van der Waals surface area contributed by atoms with E-state index in [4.69, 9.17) is 0 Å². The molecule has 4 nitrogen and oxygen atoms in total. The van der Waals surface area contributed by atoms with Crippen molar-refractivity contribution < 1.29 is 9.90 Å². The van der Waals surface area contributed by atoms with Gasteiger partial charge in [-0.2, -0.15) is 11.3 Å². The lowest BCUT2D eigenvalue weighted by Crippen LogP contribution is -2.28. The predicted octanol–water partition coefficient (Wildman–Crippen LogP) is 3.43. The number of hydrogen-bond acceptors (Lipinski definition) is 3. The van der Waals surface area contributed by atoms with Crippen molar-refractivity contribution >= 4 is 23.1 Å². The van der Waals surface area contributed by atoms with E-state index >= 15 is 0 Å². The number of hydrogen-bond donors (Lipinski definition) is 3. The Balaban J connectivity index is 1.91. The maximum absolute atomic E-state index is 11.8. The van der Waals surface area contributed by atoms with Gasteiger partial charge in [0, 0.05) is 12.2 Å². The Bertz CT molecular complexity index is 593. The third kappa shape index (κ3) is 3.82. The average Bonchev–Trinajstić information content (AvgIpc) is 2.82. The van der Waals surface area contributed by atoms with Crippen LogP contribution in [0.25, 0.3) is 0 Å². The molecule has 20 heavy (non-hydrogen) atoms. The lowest BCUT2D eigenvalue weighted by molar-refractivity contribution is 0.199. The second-order valence-electron chi connectivity index (χ2n) is 4.69. The first-order valence-corrected chi connectivity index (χ1v) is 7.35. The summed E-state index contributed by atoms with van der Waals surface area (Å²) in [6, 6.07) is 6.93. The number of nitrogens with one attached hydrogen (secondary N) is 2. The van der Waals surface area contributed by atoms with Crippen LogP contribution in [0, 0.1) is 6.92 Å². The molecule has 3 N–H and O–H groups in total. The Morgan fingerprint density at radius 2 is 2.20 bits per heavy atom. The smallest absolute Gasteiger partial charge is 0.319 e. The molecule has 106 valence electrons. The summed E-state index contributed by atoms with van der Waals surface area (Å²) in [6.07, 6.45) is -0.548. The van der Waals surface area contributed by atoms with E-state index in [1.807, 2.05) is 18.4 Å². The number of urea groups is 1. The van der Waals surface area contributed by atoms with E-state index in [-0.39, 0.29) is 6.03 Å². The topological polar surface area (TPSA) is 61.4 Å². The van der Waals surface area contributed by atoms with Crippen LogP contribution in [-0.2, 0) is 6.54 Å². The van der Waals surface area contributed by atoms with Crippen molar-refractivity contribution in [3.8, 4) is 0 Å². The fourth-order valence-electron chi connectivity index (χ4n) is 1.80. The molecule has 1 aromatic heterocycles. The van der Waals surface area contributed by atoms with Gasteiger partial charge in [0.05, 0.1) is 6.10 Å². The number of anilines is 1. The quantitative estimate of drug-likeness (QED) is 0.808. The minimum absolute atomic E-state index is 0.252. The lowest BCUT2D eigenvalue weighted by atomic mass is 10.1. The third-order valence-corrected chi connectivity index (χ3v) is 3.94. The largest absolute Gasteiger partial charge is 0.389 e. The van der Waals surface area contributed by atoms with Gasteiger partial charge in [-0.25, -0.2) is 4.79 Å². The highest BCUT2D eigenvalue weighted by Crippen LogP contribution is 2.17. The van der Waals surface area contributed by atoms with Gasteiger partial charge in [-0.1, -0.05) is 12.1 Å². The summed E-state index contributed by atoms with van der Waals surface area (Å²) in [5.74, 6) is 0. The highest BCUT2D eigenvalue weighted by Gasteiger charge is 2.06. The molecule has 2 amide bonds. The molecular formula is C15H18N2O2S. The van der Waals surface area contributed by atoms with E-state index in [1.54, 1.807) is 36.5 Å². The van der Waals surface area contributed by atoms with Crippen LogP contribution in [0.5, 0.6) is 0 Å². The molecule has 1 heterocycles. The molecule has 1 atom stereocenters. The molecule has 0 aliphatic heterocycles. The van der Waals surface area contributed by atoms with E-state index in [0.29, 0.717) is 12.2 Å². The van der Waals surface area contributed by atoms with E-state index in [9.17, 15) is 9.90 Å². The lowest BCUT2D eigenvalue weighted by Gasteiger charge is -2.10. The zero-order valence-electron chi connectivity index (χ0n) is 11.5. The number of amides is 2. The van der Waals surface area contributed by atoms with Crippen molar-refractivity contribution in [1.29, 1.82) is 0 Å². The number of aryl methyl sites for hydroxylation is 1. The molecule has 0 bridgehead atoms. The van der Waals surface area contributed by atoms with Gasteiger partial charge in [0.15, 0.2) is 0 Å². The molecule has 1 unspecified atom stereocenters. The van der Waals surface area contributed by atoms with Crippen LogP contribution in [0.4, 0.5) is 10.5 Å². The second-order valence-corrected chi connectivity index (χ2v) is 5.43. The summed E-state index contributed by atoms with van der Waals surface area (Å²) >= 11 is 1.63. The molecule has 2 aromatic rings. The van der Waals surface area contributed by atoms with Gasteiger partial charge < -0.3 is 15.7 Å². The Morgan fingerprint density at radius 3 is 2.85 bits per heavy atom. The highest BCUT2D eigenvalue weighted by atomic mass is 32.1. The van der Waals surface area contributed by atoms with Crippen LogP contribution < -0.4 is 10.6 Å². The van der Waals surface area contributed by atoms with Crippen LogP contribution in [0.2, 0.25) is 0 Å². The Hall–Kier alpha value is -1.85. The molecule has 0 saturated carbocycles. The van der Waals surface area contributed by atoms with Crippen LogP contribution in [0.3, 0.4) is 0 Å². The number of thiophene rings is 1. The normalized spacial score (nSPS) is 11.9. The summed E-state index contributed by atoms with van der Waals surface area (Å²) in [5, 5.41) is 19.2. The number of benzene rings is 1. The first-order valence-electron chi connectivity index (χ1n) is 6.41. The van der Waals surface area contributed by atoms with Gasteiger partial charge in [0.1, 0.15) is 0 Å². The summed E-state index contributed by atoms with van der Waals surface area (Å²) in [5.41, 5.74) is 3.76. The van der Waals surface area contributed by atoms with Gasteiger partial charge in [-0.05, 0) is 53.4 Å². The fourth-order valence-corrected chi connectivity index (χ4v) is 2.65. The minimum atomic E-state index is -0.548. The summed E-state index contributed by atoms with van der Waals surface area (Å²) in [6.45, 7) is 4.23. The summed E-state index contributed by atoms with van der Waals surface area (Å²) in [7, 11) is 0. The molecule has 1 aromatic carbocycles. The SMILES string of the molecule is Cc1cscc1CNC(=O)Nc1cccc(C(C)O)c1. The molecule has 5 heteroatoms. The summed E-state index contributed by atoms with van der Waals surface area (Å²) < 4.78 is 0. The molecule has 0 aliphatic carbocycles. The first kappa shape index (κ1) is 14.6. The Labute approximate surface area is 122 Å². The fraction of sp³-hybridized carbons (Fsp3) is 0.267. The Morgan fingerprint density at radius 1 is 1.40 bits per heavy atom. The monoisotopic (exact) mass is 290 g/mol. The maximum Gasteiger partial charge on any atom is 0.319 e. The van der Waals surface area contributed by atoms with Gasteiger partial charge >= 0.3 is 6.03 Å². The molecule has 0 spiro atoms. The van der Waals surface area contributed by atoms with Crippen molar-refractivity contribution in [2.24, 2.45) is 0 Å². The van der Waals surface area contributed by atoms with Crippen molar-refractivity contribution in [3.05, 3.63) is 51.7 Å². The number of carbonyl (C=O) groups excluding carboxylic acids is 1. The molecular weight excluding hydrogens is 272 g/mol. The number of aliphatic hydroxyl groups excluding tert-OH is 1. The van der Waals surface area contributed by atoms with Gasteiger partial charge in [0.2, 0.25) is 0 Å². The van der Waals surface area contributed by atoms with Gasteiger partial charge in [-0.15, -0.1) is 0 Å². The number of rotatable bonds is 4. The first-order chi connectivity index (χ1) is 9.56. The molecule has 0 fully saturated rings. The highest BCUT2D eigenvalue weighted by molar-refractivity contribution is 7.08. The zero-order chi connectivity index (χ0) is 14.5. The molecule has 0 aliphatic rings. The Kier molecular flexibility index (Phi) is 4.76. The van der Waals surface area contributed by atoms with Crippen LogP contribution in [0.1, 0.15) is 29.7 Å². The van der Waals surface area contributed by atoms with E-state index in [2.05, 4.69) is 16.0 Å². The van der Waals surface area contributed by atoms with Crippen LogP contribution >= 0.6 is 11.3 Å². The minimum Gasteiger partial charge on any atom is -0.389 e. The maximum atomic E-state index is 11.8. The molecule has 2 rings (SSSR count). The van der Waals surface area contributed by atoms with Crippen molar-refractivity contribution in [2.45, 2.75) is 26.5 Å². The van der Waals surface area contributed by atoms with Crippen molar-refractivity contribution in [3.63, 3.8) is 0 Å². The van der Waals surface area contributed by atoms with E-state index < -0.39 is 6.10 Å². The van der Waals surface area contributed by atoms with Crippen molar-refractivity contribution in [1.82, 2.24) is 5.32 Å². The summed E-state index contributed by atoms with van der Waals surface area (Å²) in [4.78, 5) is 11.8. The second kappa shape index (κ2) is 6.54. The van der Waals surface area contributed by atoms with Crippen LogP contribution in [-0.4, -0.2) is 11.1 Å². The average molecular weight is 290 g/mol. The third-order valence-electron chi connectivity index (χ3n) is 3.03. The van der Waals surface area contributed by atoms with Gasteiger partial charge in [0.25, 0.3) is 0 Å². The number of aliphatic hydroxyl groups is 1. The van der Waals surface area contributed by atoms with Crippen molar-refractivity contribution in [2.75, 3.05) is 5.32 Å².